The third-order valence-corrected chi connectivity index (χ3v) is 8.10. The molecule has 0 aromatic heterocycles. The summed E-state index contributed by atoms with van der Waals surface area (Å²) in [4.78, 5) is 2.57. The highest BCUT2D eigenvalue weighted by atomic mass is 127. The first-order chi connectivity index (χ1) is 18.8. The Morgan fingerprint density at radius 3 is 0.846 bits per heavy atom. The minimum absolute atomic E-state index is 0. The Morgan fingerprint density at radius 1 is 0.333 bits per heavy atom. The van der Waals surface area contributed by atoms with E-state index in [1.54, 1.807) is 0 Å². The van der Waals surface area contributed by atoms with Crippen LogP contribution < -0.4 is 0 Å². The van der Waals surface area contributed by atoms with E-state index in [0.717, 1.165) is 0 Å². The molecule has 0 aliphatic carbocycles. The van der Waals surface area contributed by atoms with Crippen molar-refractivity contribution in [1.29, 1.82) is 0 Å². The normalized spacial score (nSPS) is 11.8. The quantitative estimate of drug-likeness (QED) is 0.0395. The Hall–Kier alpha value is 0.170. The summed E-state index contributed by atoms with van der Waals surface area (Å²) in [7, 11) is 2.33. The molecule has 0 aliphatic heterocycles. The van der Waals surface area contributed by atoms with Gasteiger partial charge in [0.15, 0.2) is 0 Å². The highest BCUT2D eigenvalue weighted by Gasteiger charge is 1.99. The molecule has 0 bridgehead atoms. The van der Waals surface area contributed by atoms with Crippen molar-refractivity contribution in [2.24, 2.45) is 0 Å². The third kappa shape index (κ3) is 38.2. The summed E-state index contributed by atoms with van der Waals surface area (Å²) in [6, 6.07) is 0. The van der Waals surface area contributed by atoms with Crippen LogP contribution in [0.1, 0.15) is 194 Å². The second kappa shape index (κ2) is 38.2. The average molecular weight is 660 g/mol. The molecule has 2 heteroatoms. The topological polar surface area (TPSA) is 3.24 Å². The fraction of sp³-hybridized carbons (Fsp3) is 0.892. The fourth-order valence-corrected chi connectivity index (χ4v) is 5.37. The van der Waals surface area contributed by atoms with Gasteiger partial charge in [-0.05, 0) is 84.3 Å². The maximum Gasteiger partial charge on any atom is -0.00218 e. The van der Waals surface area contributed by atoms with E-state index >= 15 is 0 Å². The first-order valence-electron chi connectivity index (χ1n) is 17.8. The largest absolute Gasteiger partial charge is 0.306 e. The average Bonchev–Trinajstić information content (AvgIpc) is 2.92. The molecular weight excluding hydrogens is 585 g/mol. The number of unbranched alkanes of at least 4 members (excludes halogenated alkanes) is 24. The van der Waals surface area contributed by atoms with Gasteiger partial charge in [0.05, 0.1) is 0 Å². The van der Waals surface area contributed by atoms with E-state index in [9.17, 15) is 0 Å². The minimum Gasteiger partial charge on any atom is -0.306 e. The van der Waals surface area contributed by atoms with Gasteiger partial charge in [0.25, 0.3) is 0 Å². The molecule has 0 radical (unpaired) electrons. The minimum atomic E-state index is 0. The molecule has 0 heterocycles. The van der Waals surface area contributed by atoms with Gasteiger partial charge in [-0.3, -0.25) is 0 Å². The van der Waals surface area contributed by atoms with Crippen molar-refractivity contribution in [3.8, 4) is 0 Å². The van der Waals surface area contributed by atoms with E-state index in [1.165, 1.54) is 193 Å². The second-order valence-corrected chi connectivity index (χ2v) is 12.2. The van der Waals surface area contributed by atoms with Gasteiger partial charge in [0.2, 0.25) is 0 Å². The number of allylic oxidation sites excluding steroid dienone is 4. The van der Waals surface area contributed by atoms with E-state index in [2.05, 4.69) is 50.1 Å². The lowest BCUT2D eigenvalue weighted by molar-refractivity contribution is 0.314. The van der Waals surface area contributed by atoms with Gasteiger partial charge in [0.1, 0.15) is 0 Å². The van der Waals surface area contributed by atoms with Crippen LogP contribution in [0.25, 0.3) is 0 Å². The van der Waals surface area contributed by atoms with Crippen molar-refractivity contribution < 1.29 is 0 Å². The molecule has 0 amide bonds. The Balaban J connectivity index is 0. The molecule has 234 valence electrons. The molecule has 0 aromatic rings. The second-order valence-electron chi connectivity index (χ2n) is 12.2. The Labute approximate surface area is 265 Å². The van der Waals surface area contributed by atoms with Crippen LogP contribution in [0.2, 0.25) is 0 Å². The zero-order valence-corrected chi connectivity index (χ0v) is 29.7. The van der Waals surface area contributed by atoms with Crippen LogP contribution in [0.4, 0.5) is 0 Å². The van der Waals surface area contributed by atoms with Gasteiger partial charge in [-0.1, -0.05) is 154 Å². The van der Waals surface area contributed by atoms with E-state index in [1.807, 2.05) is 0 Å². The summed E-state index contributed by atoms with van der Waals surface area (Å²) in [5.74, 6) is 0. The van der Waals surface area contributed by atoms with Crippen molar-refractivity contribution in [2.45, 2.75) is 194 Å². The molecule has 0 N–H and O–H groups in total. The summed E-state index contributed by atoms with van der Waals surface area (Å²) in [5, 5.41) is 0. The van der Waals surface area contributed by atoms with Crippen LogP contribution in [0.15, 0.2) is 24.3 Å². The maximum atomic E-state index is 2.57. The van der Waals surface area contributed by atoms with Crippen molar-refractivity contribution >= 4 is 24.0 Å². The van der Waals surface area contributed by atoms with Crippen molar-refractivity contribution in [1.82, 2.24) is 4.90 Å². The summed E-state index contributed by atoms with van der Waals surface area (Å²) in [5.41, 5.74) is 0. The van der Waals surface area contributed by atoms with E-state index in [-0.39, 0.29) is 24.0 Å². The zero-order chi connectivity index (χ0) is 27.6. The molecule has 0 spiro atoms. The van der Waals surface area contributed by atoms with Crippen LogP contribution in [-0.2, 0) is 0 Å². The zero-order valence-electron chi connectivity index (χ0n) is 27.4. The molecule has 39 heavy (non-hydrogen) atoms. The summed E-state index contributed by atoms with van der Waals surface area (Å²) < 4.78 is 0. The first kappa shape index (κ1) is 41.3. The summed E-state index contributed by atoms with van der Waals surface area (Å²) >= 11 is 0. The number of hydrogen-bond donors (Lipinski definition) is 0. The van der Waals surface area contributed by atoms with Crippen LogP contribution in [0.3, 0.4) is 0 Å². The first-order valence-corrected chi connectivity index (χ1v) is 17.8. The molecule has 0 aromatic carbocycles. The van der Waals surface area contributed by atoms with Gasteiger partial charge in [-0.2, -0.15) is 0 Å². The van der Waals surface area contributed by atoms with Crippen LogP contribution in [0.5, 0.6) is 0 Å². The summed E-state index contributed by atoms with van der Waals surface area (Å²) in [6.07, 6.45) is 48.9. The van der Waals surface area contributed by atoms with E-state index in [0.29, 0.717) is 0 Å². The van der Waals surface area contributed by atoms with Gasteiger partial charge in [0, 0.05) is 0 Å². The van der Waals surface area contributed by atoms with Crippen molar-refractivity contribution in [3.63, 3.8) is 0 Å². The van der Waals surface area contributed by atoms with Gasteiger partial charge in [-0.15, -0.1) is 24.0 Å². The van der Waals surface area contributed by atoms with Crippen LogP contribution in [-0.4, -0.2) is 25.0 Å². The van der Waals surface area contributed by atoms with Gasteiger partial charge >= 0.3 is 0 Å². The predicted molar refractivity (Wildman–Crippen MR) is 192 cm³/mol. The number of hydrogen-bond acceptors (Lipinski definition) is 1. The summed E-state index contributed by atoms with van der Waals surface area (Å²) in [6.45, 7) is 7.19. The molecule has 1 nitrogen and oxygen atoms in total. The van der Waals surface area contributed by atoms with Crippen molar-refractivity contribution in [3.05, 3.63) is 24.3 Å². The highest BCUT2D eigenvalue weighted by molar-refractivity contribution is 14.0. The van der Waals surface area contributed by atoms with Gasteiger partial charge < -0.3 is 4.90 Å². The van der Waals surface area contributed by atoms with E-state index < -0.39 is 0 Å². The highest BCUT2D eigenvalue weighted by Crippen LogP contribution is 2.12. The van der Waals surface area contributed by atoms with E-state index in [4.69, 9.17) is 0 Å². The lowest BCUT2D eigenvalue weighted by atomic mass is 10.1. The Kier molecular flexibility index (Phi) is 40.4. The molecule has 0 aliphatic rings. The van der Waals surface area contributed by atoms with Gasteiger partial charge in [-0.25, -0.2) is 0 Å². The Morgan fingerprint density at radius 2 is 0.564 bits per heavy atom. The molecule has 0 atom stereocenters. The molecule has 0 rings (SSSR count). The number of halogens is 1. The smallest absolute Gasteiger partial charge is 0.00218 e. The monoisotopic (exact) mass is 659 g/mol. The molecule has 0 saturated heterocycles. The lowest BCUT2D eigenvalue weighted by Gasteiger charge is -2.16. The maximum absolute atomic E-state index is 2.57. The molecular formula is C37H74IN. The lowest BCUT2D eigenvalue weighted by Crippen LogP contribution is -2.20. The SMILES string of the molecule is CCCCCCCCC=CCCCCCCCCN(C)CCCCCCCCC=CCCCCCCCC.I. The number of rotatable bonds is 32. The predicted octanol–water partition coefficient (Wildman–Crippen LogP) is 13.6. The Bertz CT molecular complexity index is 430. The molecule has 0 saturated carbocycles. The molecule has 0 fully saturated rings. The third-order valence-electron chi connectivity index (χ3n) is 8.10. The number of nitrogens with zero attached hydrogens (tertiary/aromatic N) is 1. The fourth-order valence-electron chi connectivity index (χ4n) is 5.37. The van der Waals surface area contributed by atoms with Crippen molar-refractivity contribution in [2.75, 3.05) is 20.1 Å². The molecule has 0 unspecified atom stereocenters. The van der Waals surface area contributed by atoms with Crippen LogP contribution >= 0.6 is 24.0 Å². The van der Waals surface area contributed by atoms with Crippen LogP contribution in [0, 0.1) is 0 Å². The standard InChI is InChI=1S/C37H73N.HI/c1-4-6-8-10-12-14-16-18-20-22-24-26-28-30-32-34-36-38(3)37-35-33-31-29-27-25-23-21-19-17-15-13-11-9-7-5-2;/h18-21H,4-17,22-37H2,1-3H3;1H.